The first-order chi connectivity index (χ1) is 11.2. The van der Waals surface area contributed by atoms with Gasteiger partial charge in [0.1, 0.15) is 17.2 Å². The molecule has 4 heteroatoms. The predicted molar refractivity (Wildman–Crippen MR) is 89.0 cm³/mol. The van der Waals surface area contributed by atoms with E-state index in [4.69, 9.17) is 9.47 Å². The van der Waals surface area contributed by atoms with Crippen LogP contribution in [-0.2, 0) is 4.74 Å². The number of carbonyl (C=O) groups excluding carboxylic acids is 1. The van der Waals surface area contributed by atoms with E-state index < -0.39 is 5.97 Å². The van der Waals surface area contributed by atoms with Gasteiger partial charge in [-0.05, 0) is 49.6 Å². The van der Waals surface area contributed by atoms with Crippen molar-refractivity contribution in [2.24, 2.45) is 0 Å². The van der Waals surface area contributed by atoms with E-state index in [-0.39, 0.29) is 0 Å². The van der Waals surface area contributed by atoms with Gasteiger partial charge in [0.15, 0.2) is 0 Å². The zero-order valence-corrected chi connectivity index (χ0v) is 13.1. The predicted octanol–water partition coefficient (Wildman–Crippen LogP) is 4.51. The molecule has 0 atom stereocenters. The highest BCUT2D eigenvalue weighted by atomic mass is 16.5. The van der Waals surface area contributed by atoms with Crippen LogP contribution in [0.15, 0.2) is 54.6 Å². The van der Waals surface area contributed by atoms with E-state index in [2.05, 4.69) is 4.98 Å². The average molecular weight is 307 g/mol. The van der Waals surface area contributed by atoms with Crippen LogP contribution in [0.3, 0.4) is 0 Å². The number of aromatic nitrogens is 1. The van der Waals surface area contributed by atoms with E-state index >= 15 is 0 Å². The fourth-order valence-electron chi connectivity index (χ4n) is 2.39. The van der Waals surface area contributed by atoms with Crippen molar-refractivity contribution in [1.82, 2.24) is 4.98 Å². The van der Waals surface area contributed by atoms with Crippen LogP contribution in [-0.4, -0.2) is 17.6 Å². The third kappa shape index (κ3) is 3.31. The Bertz CT molecular complexity index is 844. The molecule has 3 rings (SSSR count). The second-order valence-electron chi connectivity index (χ2n) is 5.11. The van der Waals surface area contributed by atoms with Crippen LogP contribution in [0, 0.1) is 6.92 Å². The van der Waals surface area contributed by atoms with Gasteiger partial charge in [0.05, 0.1) is 6.61 Å². The molecule has 23 heavy (non-hydrogen) atoms. The summed E-state index contributed by atoms with van der Waals surface area (Å²) in [6.07, 6.45) is 0. The number of pyridine rings is 1. The van der Waals surface area contributed by atoms with Crippen LogP contribution in [0.2, 0.25) is 0 Å². The number of aryl methyl sites for hydroxylation is 1. The largest absolute Gasteiger partial charge is 0.461 e. The molecule has 0 radical (unpaired) electrons. The monoisotopic (exact) mass is 307 g/mol. The third-order valence-corrected chi connectivity index (χ3v) is 3.46. The minimum atomic E-state index is -0.401. The number of fused-ring (bicyclic) bond motifs is 1. The summed E-state index contributed by atoms with van der Waals surface area (Å²) in [7, 11) is 0. The zero-order chi connectivity index (χ0) is 16.2. The molecule has 0 unspecified atom stereocenters. The molecule has 0 aliphatic rings. The van der Waals surface area contributed by atoms with Crippen LogP contribution in [0.1, 0.15) is 23.1 Å². The summed E-state index contributed by atoms with van der Waals surface area (Å²) in [6.45, 7) is 3.98. The van der Waals surface area contributed by atoms with Crippen molar-refractivity contribution in [2.45, 2.75) is 13.8 Å². The lowest BCUT2D eigenvalue weighted by Gasteiger charge is -2.09. The molecule has 0 bridgehead atoms. The number of hydrogen-bond donors (Lipinski definition) is 0. The van der Waals surface area contributed by atoms with Crippen LogP contribution in [0.4, 0.5) is 0 Å². The lowest BCUT2D eigenvalue weighted by Crippen LogP contribution is -2.07. The molecule has 0 spiro atoms. The smallest absolute Gasteiger partial charge is 0.356 e. The van der Waals surface area contributed by atoms with Gasteiger partial charge in [-0.3, -0.25) is 0 Å². The first kappa shape index (κ1) is 15.0. The topological polar surface area (TPSA) is 48.4 Å². The Labute approximate surface area is 134 Å². The fourth-order valence-corrected chi connectivity index (χ4v) is 2.39. The van der Waals surface area contributed by atoms with Crippen LogP contribution < -0.4 is 4.74 Å². The normalized spacial score (nSPS) is 10.5. The first-order valence-electron chi connectivity index (χ1n) is 7.49. The Morgan fingerprint density at radius 3 is 2.57 bits per heavy atom. The molecule has 0 saturated carbocycles. The SMILES string of the molecule is CCOC(=O)c1cc2ccc(Oc3ccccc3)cc2c(C)n1. The minimum Gasteiger partial charge on any atom is -0.461 e. The maximum absolute atomic E-state index is 11.8. The summed E-state index contributed by atoms with van der Waals surface area (Å²) < 4.78 is 10.8. The Morgan fingerprint density at radius 1 is 1.04 bits per heavy atom. The minimum absolute atomic E-state index is 0.327. The summed E-state index contributed by atoms with van der Waals surface area (Å²) in [5, 5.41) is 1.88. The van der Waals surface area contributed by atoms with E-state index in [1.165, 1.54) is 0 Å². The first-order valence-corrected chi connectivity index (χ1v) is 7.49. The molecule has 116 valence electrons. The van der Waals surface area contributed by atoms with Gasteiger partial charge in [-0.1, -0.05) is 24.3 Å². The molecule has 0 amide bonds. The standard InChI is InChI=1S/C19H17NO3/c1-3-22-19(21)18-11-14-9-10-16(12-17(14)13(2)20-18)23-15-7-5-4-6-8-15/h4-12H,3H2,1-2H3. The molecule has 0 saturated heterocycles. The molecular weight excluding hydrogens is 290 g/mol. The van der Waals surface area contributed by atoms with Crippen LogP contribution in [0.25, 0.3) is 10.8 Å². The highest BCUT2D eigenvalue weighted by Crippen LogP contribution is 2.27. The number of esters is 1. The lowest BCUT2D eigenvalue weighted by molar-refractivity contribution is 0.0519. The van der Waals surface area contributed by atoms with Crippen molar-refractivity contribution >= 4 is 16.7 Å². The van der Waals surface area contributed by atoms with Gasteiger partial charge >= 0.3 is 5.97 Å². The quantitative estimate of drug-likeness (QED) is 0.665. The molecule has 1 aromatic heterocycles. The van der Waals surface area contributed by atoms with Crippen molar-refractivity contribution < 1.29 is 14.3 Å². The molecule has 2 aromatic carbocycles. The number of nitrogens with zero attached hydrogens (tertiary/aromatic N) is 1. The molecular formula is C19H17NO3. The molecule has 0 aliphatic carbocycles. The Morgan fingerprint density at radius 2 is 1.83 bits per heavy atom. The van der Waals surface area contributed by atoms with Gasteiger partial charge in [0.2, 0.25) is 0 Å². The van der Waals surface area contributed by atoms with Crippen molar-refractivity contribution in [3.05, 3.63) is 66.0 Å². The number of ether oxygens (including phenoxy) is 2. The molecule has 1 heterocycles. The van der Waals surface area contributed by atoms with Gasteiger partial charge in [-0.15, -0.1) is 0 Å². The van der Waals surface area contributed by atoms with E-state index in [1.807, 2.05) is 55.5 Å². The van der Waals surface area contributed by atoms with E-state index in [0.717, 1.165) is 28.0 Å². The summed E-state index contributed by atoms with van der Waals surface area (Å²) in [6, 6.07) is 17.1. The summed E-state index contributed by atoms with van der Waals surface area (Å²) >= 11 is 0. The second kappa shape index (κ2) is 6.48. The number of para-hydroxylation sites is 1. The van der Waals surface area contributed by atoms with Gasteiger partial charge in [0, 0.05) is 11.1 Å². The van der Waals surface area contributed by atoms with Crippen LogP contribution in [0.5, 0.6) is 11.5 Å². The summed E-state index contributed by atoms with van der Waals surface area (Å²) in [5.74, 6) is 1.11. The Kier molecular flexibility index (Phi) is 4.24. The summed E-state index contributed by atoms with van der Waals surface area (Å²) in [4.78, 5) is 16.2. The van der Waals surface area contributed by atoms with Crippen molar-refractivity contribution in [2.75, 3.05) is 6.61 Å². The third-order valence-electron chi connectivity index (χ3n) is 3.46. The van der Waals surface area contributed by atoms with Crippen LogP contribution >= 0.6 is 0 Å². The van der Waals surface area contributed by atoms with E-state index in [9.17, 15) is 4.79 Å². The van der Waals surface area contributed by atoms with Gasteiger partial charge in [0.25, 0.3) is 0 Å². The number of benzene rings is 2. The lowest BCUT2D eigenvalue weighted by atomic mass is 10.1. The Hall–Kier alpha value is -2.88. The van der Waals surface area contributed by atoms with Crippen molar-refractivity contribution in [1.29, 1.82) is 0 Å². The van der Waals surface area contributed by atoms with E-state index in [1.54, 1.807) is 13.0 Å². The molecule has 4 nitrogen and oxygen atoms in total. The molecule has 3 aromatic rings. The molecule has 0 aliphatic heterocycles. The maximum Gasteiger partial charge on any atom is 0.356 e. The van der Waals surface area contributed by atoms with Crippen molar-refractivity contribution in [3.63, 3.8) is 0 Å². The number of hydrogen-bond acceptors (Lipinski definition) is 4. The fraction of sp³-hybridized carbons (Fsp3) is 0.158. The molecule has 0 fully saturated rings. The van der Waals surface area contributed by atoms with Gasteiger partial charge in [-0.2, -0.15) is 0 Å². The summed E-state index contributed by atoms with van der Waals surface area (Å²) in [5.41, 5.74) is 1.10. The second-order valence-corrected chi connectivity index (χ2v) is 5.11. The molecule has 0 N–H and O–H groups in total. The van der Waals surface area contributed by atoms with Gasteiger partial charge < -0.3 is 9.47 Å². The number of rotatable bonds is 4. The highest BCUT2D eigenvalue weighted by molar-refractivity contribution is 5.94. The van der Waals surface area contributed by atoms with Gasteiger partial charge in [-0.25, -0.2) is 9.78 Å². The maximum atomic E-state index is 11.8. The average Bonchev–Trinajstić information content (AvgIpc) is 2.56. The number of carbonyl (C=O) groups is 1. The zero-order valence-electron chi connectivity index (χ0n) is 13.1. The highest BCUT2D eigenvalue weighted by Gasteiger charge is 2.12. The Balaban J connectivity index is 1.96. The van der Waals surface area contributed by atoms with Crippen molar-refractivity contribution in [3.8, 4) is 11.5 Å². The van der Waals surface area contributed by atoms with E-state index in [0.29, 0.717) is 12.3 Å².